The molecule has 0 amide bonds. The molecule has 132 valence electrons. The largest absolute Gasteiger partial charge is 0.496 e. The lowest BCUT2D eigenvalue weighted by Gasteiger charge is -2.09. The summed E-state index contributed by atoms with van der Waals surface area (Å²) in [6.45, 7) is 0. The molecule has 0 unspecified atom stereocenters. The number of pyridine rings is 1. The highest BCUT2D eigenvalue weighted by atomic mass is 32.2. The quantitative estimate of drug-likeness (QED) is 0.469. The minimum absolute atomic E-state index is 0.0146. The molecule has 0 N–H and O–H groups in total. The summed E-state index contributed by atoms with van der Waals surface area (Å²) in [6, 6.07) is 11.5. The van der Waals surface area contributed by atoms with Crippen LogP contribution in [-0.4, -0.2) is 38.4 Å². The smallest absolute Gasteiger partial charge is 0.192 e. The van der Waals surface area contributed by atoms with Crippen LogP contribution in [0.4, 0.5) is 0 Å². The molecule has 1 aromatic carbocycles. The molecule has 0 spiro atoms. The van der Waals surface area contributed by atoms with Gasteiger partial charge in [0.05, 0.1) is 18.4 Å². The van der Waals surface area contributed by atoms with Crippen molar-refractivity contribution in [2.75, 3.05) is 12.9 Å². The Kier molecular flexibility index (Phi) is 4.71. The van der Waals surface area contributed by atoms with E-state index in [4.69, 9.17) is 4.74 Å². The van der Waals surface area contributed by atoms with Gasteiger partial charge in [-0.1, -0.05) is 23.9 Å². The van der Waals surface area contributed by atoms with Gasteiger partial charge < -0.3 is 4.74 Å². The van der Waals surface area contributed by atoms with E-state index in [2.05, 4.69) is 19.7 Å². The Morgan fingerprint density at radius 3 is 2.81 bits per heavy atom. The van der Waals surface area contributed by atoms with Gasteiger partial charge in [-0.25, -0.2) is 0 Å². The van der Waals surface area contributed by atoms with Crippen molar-refractivity contribution in [2.45, 2.75) is 24.0 Å². The van der Waals surface area contributed by atoms with Crippen molar-refractivity contribution in [3.05, 3.63) is 54.4 Å². The molecule has 3 aromatic rings. The van der Waals surface area contributed by atoms with Gasteiger partial charge in [0.2, 0.25) is 0 Å². The van der Waals surface area contributed by atoms with Crippen LogP contribution in [0.15, 0.2) is 53.9 Å². The van der Waals surface area contributed by atoms with Crippen LogP contribution in [0.25, 0.3) is 11.4 Å². The molecule has 2 heterocycles. The van der Waals surface area contributed by atoms with Crippen LogP contribution < -0.4 is 4.74 Å². The third-order valence-electron chi connectivity index (χ3n) is 4.24. The van der Waals surface area contributed by atoms with Crippen molar-refractivity contribution < 1.29 is 9.53 Å². The zero-order valence-electron chi connectivity index (χ0n) is 14.3. The van der Waals surface area contributed by atoms with Gasteiger partial charge in [0.1, 0.15) is 5.75 Å². The van der Waals surface area contributed by atoms with Crippen LogP contribution in [-0.2, 0) is 0 Å². The average Bonchev–Trinajstić information content (AvgIpc) is 3.45. The minimum atomic E-state index is 0.0146. The number of rotatable bonds is 7. The molecular weight excluding hydrogens is 348 g/mol. The lowest BCUT2D eigenvalue weighted by molar-refractivity contribution is 0.101. The van der Waals surface area contributed by atoms with Crippen molar-refractivity contribution in [1.82, 2.24) is 19.7 Å². The Balaban J connectivity index is 1.56. The van der Waals surface area contributed by atoms with Crippen molar-refractivity contribution in [3.63, 3.8) is 0 Å². The molecule has 7 heteroatoms. The summed E-state index contributed by atoms with van der Waals surface area (Å²) in [5.41, 5.74) is 1.53. The van der Waals surface area contributed by atoms with E-state index in [1.165, 1.54) is 11.8 Å². The summed E-state index contributed by atoms with van der Waals surface area (Å²) in [5.74, 6) is 1.71. The lowest BCUT2D eigenvalue weighted by Crippen LogP contribution is -2.06. The Bertz CT molecular complexity index is 922. The summed E-state index contributed by atoms with van der Waals surface area (Å²) < 4.78 is 7.42. The Morgan fingerprint density at radius 2 is 2.08 bits per heavy atom. The fraction of sp³-hybridized carbons (Fsp3) is 0.263. The molecule has 0 bridgehead atoms. The van der Waals surface area contributed by atoms with Crippen molar-refractivity contribution >= 4 is 17.5 Å². The lowest BCUT2D eigenvalue weighted by atomic mass is 10.1. The normalized spacial score (nSPS) is 13.6. The van der Waals surface area contributed by atoms with Crippen LogP contribution in [0.3, 0.4) is 0 Å². The van der Waals surface area contributed by atoms with Crippen molar-refractivity contribution in [2.24, 2.45) is 0 Å². The van der Waals surface area contributed by atoms with E-state index in [1.54, 1.807) is 31.6 Å². The van der Waals surface area contributed by atoms with Gasteiger partial charge >= 0.3 is 0 Å². The van der Waals surface area contributed by atoms with Gasteiger partial charge in [-0.3, -0.25) is 14.3 Å². The van der Waals surface area contributed by atoms with Gasteiger partial charge in [-0.15, -0.1) is 10.2 Å². The number of thioether (sulfide) groups is 1. The molecule has 1 saturated carbocycles. The number of carbonyl (C=O) groups is 1. The Labute approximate surface area is 155 Å². The second kappa shape index (κ2) is 7.29. The highest BCUT2D eigenvalue weighted by molar-refractivity contribution is 7.99. The first-order chi connectivity index (χ1) is 12.8. The molecule has 0 saturated heterocycles. The number of aromatic nitrogens is 4. The zero-order chi connectivity index (χ0) is 17.9. The summed E-state index contributed by atoms with van der Waals surface area (Å²) >= 11 is 1.42. The van der Waals surface area contributed by atoms with E-state index in [1.807, 2.05) is 24.3 Å². The SMILES string of the molecule is COc1ccccc1C(=O)CSc1nnc(-c2cccnc2)n1C1CC1. The number of hydrogen-bond donors (Lipinski definition) is 0. The van der Waals surface area contributed by atoms with E-state index in [-0.39, 0.29) is 11.5 Å². The standard InChI is InChI=1S/C19H18N4O2S/c1-25-17-7-3-2-6-15(17)16(24)12-26-19-22-21-18(23(19)14-8-9-14)13-5-4-10-20-11-13/h2-7,10-11,14H,8-9,12H2,1H3. The summed E-state index contributed by atoms with van der Waals surface area (Å²) in [6.07, 6.45) is 5.75. The highest BCUT2D eigenvalue weighted by Crippen LogP contribution is 2.41. The highest BCUT2D eigenvalue weighted by Gasteiger charge is 2.30. The van der Waals surface area contributed by atoms with Crippen LogP contribution in [0, 0.1) is 0 Å². The monoisotopic (exact) mass is 366 g/mol. The third-order valence-corrected chi connectivity index (χ3v) is 5.18. The molecule has 6 nitrogen and oxygen atoms in total. The van der Waals surface area contributed by atoms with Gasteiger partial charge in [-0.05, 0) is 37.1 Å². The maximum atomic E-state index is 12.6. The maximum Gasteiger partial charge on any atom is 0.192 e. The number of hydrogen-bond acceptors (Lipinski definition) is 6. The van der Waals surface area contributed by atoms with E-state index in [9.17, 15) is 4.79 Å². The summed E-state index contributed by atoms with van der Waals surface area (Å²) in [5, 5.41) is 9.45. The fourth-order valence-electron chi connectivity index (χ4n) is 2.81. The Morgan fingerprint density at radius 1 is 1.23 bits per heavy atom. The summed E-state index contributed by atoms with van der Waals surface area (Å²) in [4.78, 5) is 16.8. The molecule has 26 heavy (non-hydrogen) atoms. The number of benzene rings is 1. The number of nitrogens with zero attached hydrogens (tertiary/aromatic N) is 4. The molecule has 0 atom stereocenters. The van der Waals surface area contributed by atoms with Crippen LogP contribution in [0.5, 0.6) is 5.75 Å². The number of ketones is 1. The average molecular weight is 366 g/mol. The van der Waals surface area contributed by atoms with Crippen LogP contribution in [0.1, 0.15) is 29.2 Å². The first-order valence-corrected chi connectivity index (χ1v) is 9.41. The van der Waals surface area contributed by atoms with Gasteiger partial charge in [0.25, 0.3) is 0 Å². The third kappa shape index (κ3) is 3.35. The van der Waals surface area contributed by atoms with Gasteiger partial charge in [-0.2, -0.15) is 0 Å². The Hall–Kier alpha value is -2.67. The number of methoxy groups -OCH3 is 1. The fourth-order valence-corrected chi connectivity index (χ4v) is 3.70. The number of ether oxygens (including phenoxy) is 1. The number of Topliss-reactive ketones (excluding diaryl/α,β-unsaturated/α-hetero) is 1. The number of para-hydroxylation sites is 1. The number of carbonyl (C=O) groups excluding carboxylic acids is 1. The molecule has 1 aliphatic rings. The molecule has 2 aromatic heterocycles. The topological polar surface area (TPSA) is 69.9 Å². The van der Waals surface area contributed by atoms with Crippen LogP contribution >= 0.6 is 11.8 Å². The second-order valence-electron chi connectivity index (χ2n) is 6.06. The molecule has 1 aliphatic carbocycles. The molecule has 0 radical (unpaired) electrons. The second-order valence-corrected chi connectivity index (χ2v) is 7.00. The van der Waals surface area contributed by atoms with E-state index < -0.39 is 0 Å². The molecule has 4 rings (SSSR count). The van der Waals surface area contributed by atoms with Gasteiger partial charge in [0.15, 0.2) is 16.8 Å². The molecular formula is C19H18N4O2S. The molecule has 1 fully saturated rings. The van der Waals surface area contributed by atoms with Crippen LogP contribution in [0.2, 0.25) is 0 Å². The first-order valence-electron chi connectivity index (χ1n) is 8.42. The minimum Gasteiger partial charge on any atom is -0.496 e. The molecule has 0 aliphatic heterocycles. The predicted molar refractivity (Wildman–Crippen MR) is 99.6 cm³/mol. The zero-order valence-corrected chi connectivity index (χ0v) is 15.1. The van der Waals surface area contributed by atoms with Crippen molar-refractivity contribution in [1.29, 1.82) is 0 Å². The van der Waals surface area contributed by atoms with Crippen molar-refractivity contribution in [3.8, 4) is 17.1 Å². The van der Waals surface area contributed by atoms with E-state index >= 15 is 0 Å². The first kappa shape index (κ1) is 16.8. The van der Waals surface area contributed by atoms with E-state index in [0.717, 1.165) is 29.4 Å². The van der Waals surface area contributed by atoms with Gasteiger partial charge in [0, 0.05) is 24.0 Å². The summed E-state index contributed by atoms with van der Waals surface area (Å²) in [7, 11) is 1.57. The van der Waals surface area contributed by atoms with E-state index in [0.29, 0.717) is 17.4 Å². The predicted octanol–water partition coefficient (Wildman–Crippen LogP) is 3.66. The maximum absolute atomic E-state index is 12.6.